The molecule has 0 aliphatic heterocycles. The molecule has 0 spiro atoms. The zero-order chi connectivity index (χ0) is 15.3. The molecule has 6 heteroatoms. The molecule has 1 aromatic rings. The monoisotopic (exact) mass is 282 g/mol. The maximum Gasteiger partial charge on any atom is 0.270 e. The highest BCUT2D eigenvalue weighted by molar-refractivity contribution is 5.43. The molecule has 20 heavy (non-hydrogen) atoms. The Morgan fingerprint density at radius 3 is 2.65 bits per heavy atom. The number of ether oxygens (including phenoxy) is 1. The van der Waals surface area contributed by atoms with E-state index in [1.54, 1.807) is 20.0 Å². The Morgan fingerprint density at radius 2 is 2.15 bits per heavy atom. The van der Waals surface area contributed by atoms with Crippen molar-refractivity contribution in [2.45, 2.75) is 32.9 Å². The molecule has 2 N–H and O–H groups in total. The molecule has 0 bridgehead atoms. The van der Waals surface area contributed by atoms with E-state index in [4.69, 9.17) is 4.74 Å². The highest BCUT2D eigenvalue weighted by atomic mass is 16.6. The minimum absolute atomic E-state index is 0.0261. The number of non-ortho nitro benzene ring substituents is 1. The van der Waals surface area contributed by atoms with Gasteiger partial charge in [-0.2, -0.15) is 0 Å². The Balaban J connectivity index is 2.91. The molecular formula is C14H22N2O4. The van der Waals surface area contributed by atoms with Crippen LogP contribution in [0.2, 0.25) is 0 Å². The Hall–Kier alpha value is -1.66. The predicted molar refractivity (Wildman–Crippen MR) is 76.8 cm³/mol. The average Bonchev–Trinajstić information content (AvgIpc) is 2.37. The van der Waals surface area contributed by atoms with Crippen molar-refractivity contribution in [2.24, 2.45) is 5.92 Å². The van der Waals surface area contributed by atoms with Crippen molar-refractivity contribution < 1.29 is 14.8 Å². The Morgan fingerprint density at radius 1 is 1.50 bits per heavy atom. The SMILES string of the molecule is CNCc1cc([N+](=O)[O-])ccc1OCC(C)(O)C(C)C. The van der Waals surface area contributed by atoms with Crippen molar-refractivity contribution in [3.8, 4) is 5.75 Å². The third kappa shape index (κ3) is 4.18. The van der Waals surface area contributed by atoms with Gasteiger partial charge in [0, 0.05) is 24.2 Å². The predicted octanol–water partition coefficient (Wildman–Crippen LogP) is 2.10. The first-order valence-corrected chi connectivity index (χ1v) is 6.55. The minimum Gasteiger partial charge on any atom is -0.490 e. The van der Waals surface area contributed by atoms with Crippen LogP contribution in [0.5, 0.6) is 5.75 Å². The van der Waals surface area contributed by atoms with Crippen LogP contribution in [-0.4, -0.2) is 29.3 Å². The number of rotatable bonds is 7. The van der Waals surface area contributed by atoms with Gasteiger partial charge in [-0.25, -0.2) is 0 Å². The van der Waals surface area contributed by atoms with Crippen LogP contribution in [0.25, 0.3) is 0 Å². The van der Waals surface area contributed by atoms with Gasteiger partial charge in [0.05, 0.1) is 10.5 Å². The van der Waals surface area contributed by atoms with Crippen LogP contribution >= 0.6 is 0 Å². The molecule has 0 amide bonds. The molecule has 0 saturated heterocycles. The zero-order valence-electron chi connectivity index (χ0n) is 12.3. The highest BCUT2D eigenvalue weighted by Gasteiger charge is 2.26. The van der Waals surface area contributed by atoms with E-state index in [1.165, 1.54) is 12.1 Å². The second-order valence-electron chi connectivity index (χ2n) is 5.38. The number of nitrogens with one attached hydrogen (secondary N) is 1. The lowest BCUT2D eigenvalue weighted by Crippen LogP contribution is -2.38. The van der Waals surface area contributed by atoms with Crippen molar-refractivity contribution in [1.29, 1.82) is 0 Å². The molecule has 0 fully saturated rings. The Labute approximate surface area is 118 Å². The number of nitro groups is 1. The second-order valence-corrected chi connectivity index (χ2v) is 5.38. The largest absolute Gasteiger partial charge is 0.490 e. The first-order chi connectivity index (χ1) is 9.27. The maximum atomic E-state index is 10.8. The second kappa shape index (κ2) is 6.67. The molecule has 1 aromatic carbocycles. The van der Waals surface area contributed by atoms with Crippen LogP contribution in [0.4, 0.5) is 5.69 Å². The number of nitrogens with zero attached hydrogens (tertiary/aromatic N) is 1. The Kier molecular flexibility index (Phi) is 5.47. The summed E-state index contributed by atoms with van der Waals surface area (Å²) in [6, 6.07) is 4.45. The lowest BCUT2D eigenvalue weighted by molar-refractivity contribution is -0.384. The van der Waals surface area contributed by atoms with E-state index in [0.29, 0.717) is 17.9 Å². The summed E-state index contributed by atoms with van der Waals surface area (Å²) in [7, 11) is 1.76. The Bertz CT molecular complexity index is 472. The molecule has 1 atom stereocenters. The standard InChI is InChI=1S/C14H22N2O4/c1-10(2)14(3,17)9-20-13-6-5-12(16(18)19)7-11(13)8-15-4/h5-7,10,15,17H,8-9H2,1-4H3. The van der Waals surface area contributed by atoms with E-state index in [2.05, 4.69) is 5.32 Å². The normalized spacial score (nSPS) is 14.1. The summed E-state index contributed by atoms with van der Waals surface area (Å²) in [6.07, 6.45) is 0. The quantitative estimate of drug-likeness (QED) is 0.591. The molecule has 1 unspecified atom stereocenters. The van der Waals surface area contributed by atoms with Gasteiger partial charge in [0.1, 0.15) is 12.4 Å². The lowest BCUT2D eigenvalue weighted by atomic mass is 9.94. The minimum atomic E-state index is -0.946. The number of benzene rings is 1. The van der Waals surface area contributed by atoms with Gasteiger partial charge in [-0.1, -0.05) is 13.8 Å². The summed E-state index contributed by atoms with van der Waals surface area (Å²) in [6.45, 7) is 6.13. The molecule has 112 valence electrons. The van der Waals surface area contributed by atoms with Crippen molar-refractivity contribution in [1.82, 2.24) is 5.32 Å². The van der Waals surface area contributed by atoms with Gasteiger partial charge < -0.3 is 15.2 Å². The molecule has 0 radical (unpaired) electrons. The van der Waals surface area contributed by atoms with Crippen LogP contribution in [0.15, 0.2) is 18.2 Å². The lowest BCUT2D eigenvalue weighted by Gasteiger charge is -2.28. The number of nitro benzene ring substituents is 1. The van der Waals surface area contributed by atoms with Gasteiger partial charge in [-0.15, -0.1) is 0 Å². The van der Waals surface area contributed by atoms with Crippen LogP contribution < -0.4 is 10.1 Å². The molecule has 0 heterocycles. The molecule has 6 nitrogen and oxygen atoms in total. The summed E-state index contributed by atoms with van der Waals surface area (Å²) >= 11 is 0. The molecule has 0 aliphatic rings. The van der Waals surface area contributed by atoms with Crippen LogP contribution in [0.1, 0.15) is 26.3 Å². The first kappa shape index (κ1) is 16.4. The summed E-state index contributed by atoms with van der Waals surface area (Å²) in [5, 5.41) is 23.9. The average molecular weight is 282 g/mol. The first-order valence-electron chi connectivity index (χ1n) is 6.55. The van der Waals surface area contributed by atoms with Gasteiger partial charge in [0.2, 0.25) is 0 Å². The van der Waals surface area contributed by atoms with Gasteiger partial charge in [-0.05, 0) is 26.0 Å². The molecule has 0 saturated carbocycles. The molecule has 1 rings (SSSR count). The maximum absolute atomic E-state index is 10.8. The smallest absolute Gasteiger partial charge is 0.270 e. The van der Waals surface area contributed by atoms with Gasteiger partial charge >= 0.3 is 0 Å². The fourth-order valence-electron chi connectivity index (χ4n) is 1.54. The number of aliphatic hydroxyl groups is 1. The van der Waals surface area contributed by atoms with Gasteiger partial charge in [-0.3, -0.25) is 10.1 Å². The van der Waals surface area contributed by atoms with Crippen LogP contribution in [0.3, 0.4) is 0 Å². The summed E-state index contributed by atoms with van der Waals surface area (Å²) in [4.78, 5) is 10.3. The fraction of sp³-hybridized carbons (Fsp3) is 0.571. The molecule has 0 aromatic heterocycles. The third-order valence-corrected chi connectivity index (χ3v) is 3.39. The van der Waals surface area contributed by atoms with E-state index in [1.807, 2.05) is 13.8 Å². The van der Waals surface area contributed by atoms with E-state index in [0.717, 1.165) is 0 Å². The van der Waals surface area contributed by atoms with E-state index in [9.17, 15) is 15.2 Å². The van der Waals surface area contributed by atoms with Crippen molar-refractivity contribution in [3.05, 3.63) is 33.9 Å². The van der Waals surface area contributed by atoms with E-state index < -0.39 is 10.5 Å². The third-order valence-electron chi connectivity index (χ3n) is 3.39. The van der Waals surface area contributed by atoms with Crippen LogP contribution in [-0.2, 0) is 6.54 Å². The summed E-state index contributed by atoms with van der Waals surface area (Å²) in [5.74, 6) is 0.596. The van der Waals surface area contributed by atoms with E-state index >= 15 is 0 Å². The number of hydrogen-bond donors (Lipinski definition) is 2. The van der Waals surface area contributed by atoms with Gasteiger partial charge in [0.15, 0.2) is 0 Å². The van der Waals surface area contributed by atoms with E-state index in [-0.39, 0.29) is 18.2 Å². The zero-order valence-corrected chi connectivity index (χ0v) is 12.3. The fourth-order valence-corrected chi connectivity index (χ4v) is 1.54. The highest BCUT2D eigenvalue weighted by Crippen LogP contribution is 2.26. The van der Waals surface area contributed by atoms with Crippen molar-refractivity contribution in [2.75, 3.05) is 13.7 Å². The van der Waals surface area contributed by atoms with Crippen molar-refractivity contribution >= 4 is 5.69 Å². The van der Waals surface area contributed by atoms with Gasteiger partial charge in [0.25, 0.3) is 5.69 Å². The topological polar surface area (TPSA) is 84.6 Å². The summed E-state index contributed by atoms with van der Waals surface area (Å²) in [5.41, 5.74) is -0.224. The molecular weight excluding hydrogens is 260 g/mol. The number of hydrogen-bond acceptors (Lipinski definition) is 5. The molecule has 0 aliphatic carbocycles. The van der Waals surface area contributed by atoms with Crippen LogP contribution in [0, 0.1) is 16.0 Å². The van der Waals surface area contributed by atoms with Crippen molar-refractivity contribution in [3.63, 3.8) is 0 Å². The summed E-state index contributed by atoms with van der Waals surface area (Å²) < 4.78 is 5.64.